The Balaban J connectivity index is 1.29. The highest BCUT2D eigenvalue weighted by atomic mass is 35.5. The standard InChI is InChI=1S/C19H20ClN7O/c1-25-9-14(20)16(24-25)10-26-11-19(12-26)7-15(17-22-5-6-27(17)19)23-18(28)13-3-2-4-21-8-13/h2-6,8-9,15H,7,10-12H2,1H3,(H,23,28). The normalized spacial score (nSPS) is 20.1. The summed E-state index contributed by atoms with van der Waals surface area (Å²) in [6, 6.07) is 3.42. The minimum absolute atomic E-state index is 0.0417. The van der Waals surface area contributed by atoms with Crippen LogP contribution in [0.25, 0.3) is 0 Å². The number of carbonyl (C=O) groups excluding carboxylic acids is 1. The first kappa shape index (κ1) is 17.4. The zero-order chi connectivity index (χ0) is 19.3. The van der Waals surface area contributed by atoms with Crippen LogP contribution in [-0.2, 0) is 19.1 Å². The lowest BCUT2D eigenvalue weighted by atomic mass is 9.86. The first-order valence-corrected chi connectivity index (χ1v) is 9.57. The molecule has 28 heavy (non-hydrogen) atoms. The molecular formula is C19H20ClN7O. The number of halogens is 1. The van der Waals surface area contributed by atoms with E-state index in [1.807, 2.05) is 19.4 Å². The van der Waals surface area contributed by atoms with Gasteiger partial charge in [-0.2, -0.15) is 5.10 Å². The minimum atomic E-state index is -0.124. The van der Waals surface area contributed by atoms with Crippen LogP contribution in [0.3, 0.4) is 0 Å². The average Bonchev–Trinajstić information content (AvgIpc) is 3.32. The summed E-state index contributed by atoms with van der Waals surface area (Å²) >= 11 is 6.25. The van der Waals surface area contributed by atoms with Crippen molar-refractivity contribution in [2.45, 2.75) is 24.5 Å². The van der Waals surface area contributed by atoms with Gasteiger partial charge in [0.15, 0.2) is 0 Å². The Morgan fingerprint density at radius 2 is 2.25 bits per heavy atom. The van der Waals surface area contributed by atoms with Gasteiger partial charge in [0.2, 0.25) is 0 Å². The molecule has 1 atom stereocenters. The molecule has 1 saturated heterocycles. The van der Waals surface area contributed by atoms with Crippen LogP contribution in [0.15, 0.2) is 43.1 Å². The topological polar surface area (TPSA) is 80.9 Å². The van der Waals surface area contributed by atoms with Crippen molar-refractivity contribution in [3.63, 3.8) is 0 Å². The van der Waals surface area contributed by atoms with Gasteiger partial charge in [-0.25, -0.2) is 4.98 Å². The molecule has 0 radical (unpaired) electrons. The first-order valence-electron chi connectivity index (χ1n) is 9.19. The highest BCUT2D eigenvalue weighted by molar-refractivity contribution is 6.31. The predicted octanol–water partition coefficient (Wildman–Crippen LogP) is 1.75. The smallest absolute Gasteiger partial charge is 0.253 e. The monoisotopic (exact) mass is 397 g/mol. The average molecular weight is 398 g/mol. The third-order valence-corrected chi connectivity index (χ3v) is 5.88. The van der Waals surface area contributed by atoms with Crippen molar-refractivity contribution in [2.75, 3.05) is 13.1 Å². The molecule has 3 aromatic heterocycles. The largest absolute Gasteiger partial charge is 0.342 e. The van der Waals surface area contributed by atoms with Gasteiger partial charge in [0, 0.05) is 64.1 Å². The number of aryl methyl sites for hydroxylation is 1. The number of pyridine rings is 1. The summed E-state index contributed by atoms with van der Waals surface area (Å²) in [6.45, 7) is 2.48. The van der Waals surface area contributed by atoms with Crippen LogP contribution in [0.5, 0.6) is 0 Å². The number of carbonyl (C=O) groups is 1. The van der Waals surface area contributed by atoms with Gasteiger partial charge < -0.3 is 9.88 Å². The van der Waals surface area contributed by atoms with E-state index < -0.39 is 0 Å². The number of rotatable bonds is 4. The SMILES string of the molecule is Cn1cc(Cl)c(CN2CC3(CC(NC(=O)c4cccnc4)c4nccn43)C2)n1. The van der Waals surface area contributed by atoms with E-state index >= 15 is 0 Å². The molecule has 2 aliphatic rings. The molecule has 144 valence electrons. The summed E-state index contributed by atoms with van der Waals surface area (Å²) < 4.78 is 3.96. The van der Waals surface area contributed by atoms with Gasteiger partial charge in [-0.1, -0.05) is 11.6 Å². The van der Waals surface area contributed by atoms with E-state index in [9.17, 15) is 4.79 Å². The molecule has 1 amide bonds. The highest BCUT2D eigenvalue weighted by Crippen LogP contribution is 2.45. The second-order valence-electron chi connectivity index (χ2n) is 7.59. The van der Waals surface area contributed by atoms with Crippen LogP contribution >= 0.6 is 11.6 Å². The summed E-state index contributed by atoms with van der Waals surface area (Å²) in [7, 11) is 1.87. The minimum Gasteiger partial charge on any atom is -0.342 e. The molecule has 1 spiro atoms. The highest BCUT2D eigenvalue weighted by Gasteiger charge is 2.52. The second-order valence-corrected chi connectivity index (χ2v) is 8.00. The molecule has 5 heterocycles. The predicted molar refractivity (Wildman–Crippen MR) is 103 cm³/mol. The molecule has 1 fully saturated rings. The van der Waals surface area contributed by atoms with Gasteiger partial charge in [-0.3, -0.25) is 19.4 Å². The number of aromatic nitrogens is 5. The molecule has 0 aromatic carbocycles. The van der Waals surface area contributed by atoms with Crippen LogP contribution in [0.2, 0.25) is 5.02 Å². The molecule has 0 saturated carbocycles. The van der Waals surface area contributed by atoms with Crippen LogP contribution in [0.4, 0.5) is 0 Å². The van der Waals surface area contributed by atoms with Gasteiger partial charge in [-0.05, 0) is 12.1 Å². The van der Waals surface area contributed by atoms with E-state index in [-0.39, 0.29) is 17.5 Å². The van der Waals surface area contributed by atoms with Crippen LogP contribution in [0.1, 0.15) is 34.3 Å². The molecule has 0 aliphatic carbocycles. The summed E-state index contributed by atoms with van der Waals surface area (Å²) in [6.07, 6.45) is 9.70. The zero-order valence-corrected chi connectivity index (χ0v) is 16.2. The summed E-state index contributed by atoms with van der Waals surface area (Å²) in [4.78, 5) is 23.4. The number of fused-ring (bicyclic) bond motifs is 2. The van der Waals surface area contributed by atoms with Crippen molar-refractivity contribution in [3.8, 4) is 0 Å². The maximum atomic E-state index is 12.6. The number of amides is 1. The number of likely N-dealkylation sites (tertiary alicyclic amines) is 1. The van der Waals surface area contributed by atoms with Gasteiger partial charge in [0.1, 0.15) is 5.82 Å². The van der Waals surface area contributed by atoms with Gasteiger partial charge >= 0.3 is 0 Å². The van der Waals surface area contributed by atoms with Crippen molar-refractivity contribution >= 4 is 17.5 Å². The van der Waals surface area contributed by atoms with Crippen LogP contribution in [0, 0.1) is 0 Å². The van der Waals surface area contributed by atoms with Crippen molar-refractivity contribution in [2.24, 2.45) is 7.05 Å². The zero-order valence-electron chi connectivity index (χ0n) is 15.4. The summed E-state index contributed by atoms with van der Waals surface area (Å²) in [5.74, 6) is 0.786. The van der Waals surface area contributed by atoms with Crippen molar-refractivity contribution < 1.29 is 4.79 Å². The Kier molecular flexibility index (Phi) is 3.99. The van der Waals surface area contributed by atoms with Crippen LogP contribution in [-0.4, -0.2) is 48.2 Å². The maximum Gasteiger partial charge on any atom is 0.253 e. The Bertz CT molecular complexity index is 1020. The lowest BCUT2D eigenvalue weighted by Gasteiger charge is -2.49. The van der Waals surface area contributed by atoms with E-state index in [4.69, 9.17) is 11.6 Å². The molecule has 2 aliphatic heterocycles. The Labute approximate surface area is 167 Å². The fourth-order valence-electron chi connectivity index (χ4n) is 4.40. The van der Waals surface area contributed by atoms with Crippen LogP contribution < -0.4 is 5.32 Å². The van der Waals surface area contributed by atoms with E-state index in [0.29, 0.717) is 10.6 Å². The maximum absolute atomic E-state index is 12.6. The van der Waals surface area contributed by atoms with Gasteiger partial charge in [-0.15, -0.1) is 0 Å². The number of hydrogen-bond donors (Lipinski definition) is 1. The molecular weight excluding hydrogens is 378 g/mol. The first-order chi connectivity index (χ1) is 13.5. The Hall–Kier alpha value is -2.71. The third kappa shape index (κ3) is 2.80. The number of imidazole rings is 1. The molecule has 1 N–H and O–H groups in total. The third-order valence-electron chi connectivity index (χ3n) is 5.57. The summed E-state index contributed by atoms with van der Waals surface area (Å²) in [5, 5.41) is 8.24. The Morgan fingerprint density at radius 1 is 1.39 bits per heavy atom. The fraction of sp³-hybridized carbons (Fsp3) is 0.368. The number of nitrogens with one attached hydrogen (secondary N) is 1. The molecule has 0 bridgehead atoms. The van der Waals surface area contributed by atoms with E-state index in [1.54, 1.807) is 35.4 Å². The lowest BCUT2D eigenvalue weighted by molar-refractivity contribution is 0.00659. The molecule has 3 aromatic rings. The fourth-order valence-corrected chi connectivity index (χ4v) is 4.64. The molecule has 8 nitrogen and oxygen atoms in total. The van der Waals surface area contributed by atoms with Gasteiger partial charge in [0.05, 0.1) is 27.9 Å². The number of nitrogens with zero attached hydrogens (tertiary/aromatic N) is 6. The van der Waals surface area contributed by atoms with E-state index in [2.05, 4.69) is 29.9 Å². The van der Waals surface area contributed by atoms with Gasteiger partial charge in [0.25, 0.3) is 5.91 Å². The van der Waals surface area contributed by atoms with Crippen molar-refractivity contribution in [3.05, 3.63) is 65.2 Å². The van der Waals surface area contributed by atoms with Crippen molar-refractivity contribution in [1.82, 2.24) is 34.5 Å². The molecule has 1 unspecified atom stereocenters. The number of hydrogen-bond acceptors (Lipinski definition) is 5. The molecule has 9 heteroatoms. The van der Waals surface area contributed by atoms with E-state index in [0.717, 1.165) is 37.6 Å². The molecule has 5 rings (SSSR count). The van der Waals surface area contributed by atoms with E-state index in [1.165, 1.54) is 0 Å². The van der Waals surface area contributed by atoms with Crippen molar-refractivity contribution in [1.29, 1.82) is 0 Å². The quantitative estimate of drug-likeness (QED) is 0.725. The lowest BCUT2D eigenvalue weighted by Crippen LogP contribution is -2.60. The second kappa shape index (κ2) is 6.42. The summed E-state index contributed by atoms with van der Waals surface area (Å²) in [5.41, 5.74) is 1.41. The Morgan fingerprint density at radius 3 is 2.96 bits per heavy atom.